The lowest BCUT2D eigenvalue weighted by molar-refractivity contribution is -0.123. The molecule has 1 aliphatic heterocycles. The van der Waals surface area contributed by atoms with Crippen LogP contribution in [-0.4, -0.2) is 22.7 Å². The summed E-state index contributed by atoms with van der Waals surface area (Å²) in [7, 11) is 0. The molecule has 0 saturated carbocycles. The van der Waals surface area contributed by atoms with Gasteiger partial charge >= 0.3 is 0 Å². The highest BCUT2D eigenvalue weighted by atomic mass is 79.9. The largest absolute Gasteiger partial charge is 0.358 e. The molecule has 0 fully saturated rings. The highest BCUT2D eigenvalue weighted by Crippen LogP contribution is 2.36. The molecule has 0 radical (unpaired) electrons. The van der Waals surface area contributed by atoms with Crippen LogP contribution >= 0.6 is 15.9 Å². The molecule has 6 nitrogen and oxygen atoms in total. The topological polar surface area (TPSA) is 91.1 Å². The molecule has 3 amide bonds. The lowest BCUT2D eigenvalue weighted by atomic mass is 9.99. The molecule has 3 aromatic rings. The van der Waals surface area contributed by atoms with E-state index >= 15 is 0 Å². The number of benzene rings is 2. The smallest absolute Gasteiger partial charge is 0.265 e. The van der Waals surface area contributed by atoms with Crippen molar-refractivity contribution in [3.8, 4) is 0 Å². The van der Waals surface area contributed by atoms with Gasteiger partial charge in [-0.05, 0) is 59.8 Å². The number of amides is 3. The first-order chi connectivity index (χ1) is 15.0. The molecule has 0 atom stereocenters. The molecule has 2 heterocycles. The Morgan fingerprint density at radius 3 is 2.48 bits per heavy atom. The van der Waals surface area contributed by atoms with Gasteiger partial charge in [0.1, 0.15) is 0 Å². The van der Waals surface area contributed by atoms with Crippen molar-refractivity contribution < 1.29 is 14.4 Å². The molecule has 158 valence electrons. The van der Waals surface area contributed by atoms with Crippen LogP contribution in [0, 0.1) is 6.92 Å². The van der Waals surface area contributed by atoms with Gasteiger partial charge in [-0.2, -0.15) is 0 Å². The predicted molar refractivity (Wildman–Crippen MR) is 125 cm³/mol. The molecule has 3 N–H and O–H groups in total. The number of para-hydroxylation sites is 2. The standard InChI is InChI=1S/C24H22BrN3O3/c1-14-8-2-4-10-16(14)27-19(29)13-7-6-12-18-20(15-9-3-5-11-17(15)26-18)21-22(25)24(31)28-23(21)30/h2-5,8-11,26H,6-7,12-13H2,1H3,(H,27,29)(H,28,30,31). The number of halogens is 1. The minimum atomic E-state index is -0.427. The van der Waals surface area contributed by atoms with Crippen molar-refractivity contribution in [2.45, 2.75) is 32.6 Å². The van der Waals surface area contributed by atoms with E-state index in [0.29, 0.717) is 24.8 Å². The summed E-state index contributed by atoms with van der Waals surface area (Å²) < 4.78 is 0.251. The number of H-pyrrole nitrogens is 1. The van der Waals surface area contributed by atoms with Gasteiger partial charge in [0.15, 0.2) is 0 Å². The quantitative estimate of drug-likeness (QED) is 0.341. The molecule has 1 aromatic heterocycles. The first-order valence-electron chi connectivity index (χ1n) is 10.2. The predicted octanol–water partition coefficient (Wildman–Crippen LogP) is 4.59. The van der Waals surface area contributed by atoms with E-state index < -0.39 is 11.8 Å². The molecule has 2 aromatic carbocycles. The lowest BCUT2D eigenvalue weighted by Crippen LogP contribution is -2.22. The summed E-state index contributed by atoms with van der Waals surface area (Å²) >= 11 is 3.27. The van der Waals surface area contributed by atoms with Crippen LogP contribution in [0.2, 0.25) is 0 Å². The van der Waals surface area contributed by atoms with E-state index in [4.69, 9.17) is 0 Å². The van der Waals surface area contributed by atoms with Crippen molar-refractivity contribution in [1.29, 1.82) is 0 Å². The number of hydrogen-bond acceptors (Lipinski definition) is 3. The van der Waals surface area contributed by atoms with E-state index in [1.807, 2.05) is 55.5 Å². The van der Waals surface area contributed by atoms with Crippen LogP contribution in [0.1, 0.15) is 36.1 Å². The third-order valence-corrected chi connectivity index (χ3v) is 6.16. The average Bonchev–Trinajstić information content (AvgIpc) is 3.22. The van der Waals surface area contributed by atoms with Crippen LogP contribution < -0.4 is 10.6 Å². The molecule has 1 aliphatic rings. The molecule has 4 rings (SSSR count). The van der Waals surface area contributed by atoms with Crippen molar-refractivity contribution in [2.24, 2.45) is 0 Å². The number of carbonyl (C=O) groups excluding carboxylic acids is 3. The summed E-state index contributed by atoms with van der Waals surface area (Å²) in [6.07, 6.45) is 2.54. The minimum Gasteiger partial charge on any atom is -0.358 e. The second kappa shape index (κ2) is 8.89. The van der Waals surface area contributed by atoms with Gasteiger partial charge in [0.2, 0.25) is 5.91 Å². The number of unbranched alkanes of at least 4 members (excludes halogenated alkanes) is 1. The fourth-order valence-corrected chi connectivity index (χ4v) is 4.32. The number of rotatable bonds is 7. The van der Waals surface area contributed by atoms with Gasteiger partial charge in [-0.1, -0.05) is 36.4 Å². The number of aromatic amines is 1. The van der Waals surface area contributed by atoms with Gasteiger partial charge in [0.05, 0.1) is 10.1 Å². The summed E-state index contributed by atoms with van der Waals surface area (Å²) in [5, 5.41) is 6.19. The molecule has 0 spiro atoms. The van der Waals surface area contributed by atoms with E-state index in [9.17, 15) is 14.4 Å². The maximum atomic E-state index is 12.4. The second-order valence-electron chi connectivity index (χ2n) is 7.57. The molecular formula is C24H22BrN3O3. The van der Waals surface area contributed by atoms with Crippen LogP contribution in [0.25, 0.3) is 16.5 Å². The van der Waals surface area contributed by atoms with E-state index in [2.05, 4.69) is 31.5 Å². The first kappa shape index (κ1) is 21.1. The Balaban J connectivity index is 1.47. The monoisotopic (exact) mass is 479 g/mol. The Morgan fingerprint density at radius 2 is 1.74 bits per heavy atom. The molecule has 0 aliphatic carbocycles. The normalized spacial score (nSPS) is 13.7. The summed E-state index contributed by atoms with van der Waals surface area (Å²) in [6.45, 7) is 1.96. The van der Waals surface area contributed by atoms with Crippen LogP contribution in [0.4, 0.5) is 5.69 Å². The van der Waals surface area contributed by atoms with Gasteiger partial charge in [0.25, 0.3) is 11.8 Å². The van der Waals surface area contributed by atoms with Crippen LogP contribution in [0.3, 0.4) is 0 Å². The van der Waals surface area contributed by atoms with Crippen molar-refractivity contribution in [3.63, 3.8) is 0 Å². The zero-order valence-electron chi connectivity index (χ0n) is 17.0. The maximum Gasteiger partial charge on any atom is 0.265 e. The summed E-state index contributed by atoms with van der Waals surface area (Å²) in [4.78, 5) is 40.1. The van der Waals surface area contributed by atoms with Gasteiger partial charge < -0.3 is 10.3 Å². The fraction of sp³-hybridized carbons (Fsp3) is 0.208. The van der Waals surface area contributed by atoms with E-state index in [0.717, 1.165) is 39.8 Å². The highest BCUT2D eigenvalue weighted by molar-refractivity contribution is 9.12. The van der Waals surface area contributed by atoms with E-state index in [-0.39, 0.29) is 10.4 Å². The zero-order chi connectivity index (χ0) is 22.0. The maximum absolute atomic E-state index is 12.4. The fourth-order valence-electron chi connectivity index (χ4n) is 3.84. The number of nitrogens with one attached hydrogen (secondary N) is 3. The zero-order valence-corrected chi connectivity index (χ0v) is 18.6. The average molecular weight is 480 g/mol. The summed E-state index contributed by atoms with van der Waals surface area (Å²) in [5.41, 5.74) is 4.76. The van der Waals surface area contributed by atoms with Gasteiger partial charge in [-0.3, -0.25) is 19.7 Å². The van der Waals surface area contributed by atoms with Crippen LogP contribution in [0.15, 0.2) is 53.0 Å². The number of aryl methyl sites for hydroxylation is 2. The Hall–Kier alpha value is -3.19. The number of aromatic nitrogens is 1. The van der Waals surface area contributed by atoms with Crippen molar-refractivity contribution in [2.75, 3.05) is 5.32 Å². The van der Waals surface area contributed by atoms with Crippen LogP contribution in [-0.2, 0) is 20.8 Å². The second-order valence-corrected chi connectivity index (χ2v) is 8.36. The van der Waals surface area contributed by atoms with Gasteiger partial charge in [0, 0.05) is 34.3 Å². The highest BCUT2D eigenvalue weighted by Gasteiger charge is 2.32. The third kappa shape index (κ3) is 4.32. The molecule has 0 bridgehead atoms. The number of imide groups is 1. The van der Waals surface area contributed by atoms with Gasteiger partial charge in [-0.15, -0.1) is 0 Å². The summed E-state index contributed by atoms with van der Waals surface area (Å²) in [5.74, 6) is -0.845. The van der Waals surface area contributed by atoms with Crippen molar-refractivity contribution in [1.82, 2.24) is 10.3 Å². The molecular weight excluding hydrogens is 458 g/mol. The van der Waals surface area contributed by atoms with E-state index in [1.54, 1.807) is 0 Å². The lowest BCUT2D eigenvalue weighted by Gasteiger charge is -2.08. The number of anilines is 1. The van der Waals surface area contributed by atoms with Crippen molar-refractivity contribution >= 4 is 55.8 Å². The third-order valence-electron chi connectivity index (χ3n) is 5.41. The van der Waals surface area contributed by atoms with Gasteiger partial charge in [-0.25, -0.2) is 0 Å². The van der Waals surface area contributed by atoms with Crippen molar-refractivity contribution in [3.05, 3.63) is 69.8 Å². The van der Waals surface area contributed by atoms with E-state index in [1.165, 1.54) is 0 Å². The summed E-state index contributed by atoms with van der Waals surface area (Å²) in [6, 6.07) is 15.4. The number of carbonyl (C=O) groups is 3. The molecule has 0 unspecified atom stereocenters. The Kier molecular flexibility index (Phi) is 6.04. The van der Waals surface area contributed by atoms with Crippen LogP contribution in [0.5, 0.6) is 0 Å². The number of fused-ring (bicyclic) bond motifs is 1. The SMILES string of the molecule is Cc1ccccc1NC(=O)CCCCc1[nH]c2ccccc2c1C1=C(Br)C(=O)NC1=O. The Morgan fingerprint density at radius 1 is 1.00 bits per heavy atom. The Bertz CT molecular complexity index is 1230. The minimum absolute atomic E-state index is 0.0163. The Labute approximate surface area is 188 Å². The molecule has 0 saturated heterocycles. The molecule has 31 heavy (non-hydrogen) atoms. The first-order valence-corrected chi connectivity index (χ1v) is 11.0. The number of hydrogen-bond donors (Lipinski definition) is 3. The molecule has 7 heteroatoms.